The van der Waals surface area contributed by atoms with Crippen molar-refractivity contribution in [2.75, 3.05) is 13.1 Å². The number of aryl methyl sites for hydroxylation is 2. The van der Waals surface area contributed by atoms with Crippen LogP contribution in [-0.4, -0.2) is 34.0 Å². The fraction of sp³-hybridized carbons (Fsp3) is 0.533. The van der Waals surface area contributed by atoms with Gasteiger partial charge in [-0.3, -0.25) is 4.79 Å². The molecule has 5 nitrogen and oxygen atoms in total. The maximum atomic E-state index is 12.4. The number of carbonyl (C=O) groups excluding carboxylic acids is 1. The van der Waals surface area contributed by atoms with E-state index in [1.54, 1.807) is 0 Å². The van der Waals surface area contributed by atoms with Crippen molar-refractivity contribution < 1.29 is 9.32 Å². The first kappa shape index (κ1) is 15.5. The van der Waals surface area contributed by atoms with Crippen LogP contribution in [0.2, 0.25) is 4.34 Å². The van der Waals surface area contributed by atoms with E-state index in [1.165, 1.54) is 11.3 Å². The molecule has 2 aromatic heterocycles. The van der Waals surface area contributed by atoms with Gasteiger partial charge in [0.2, 0.25) is 11.8 Å². The normalized spacial score (nSPS) is 18.6. The first-order valence-electron chi connectivity index (χ1n) is 7.44. The van der Waals surface area contributed by atoms with Gasteiger partial charge in [0.25, 0.3) is 0 Å². The largest absolute Gasteiger partial charge is 0.342 e. The van der Waals surface area contributed by atoms with Crippen LogP contribution in [0.5, 0.6) is 0 Å². The predicted octanol–water partition coefficient (Wildman–Crippen LogP) is 3.43. The lowest BCUT2D eigenvalue weighted by atomic mass is 9.97. The van der Waals surface area contributed by atoms with E-state index >= 15 is 0 Å². The summed E-state index contributed by atoms with van der Waals surface area (Å²) < 4.78 is 6.02. The maximum absolute atomic E-state index is 12.4. The van der Waals surface area contributed by atoms with Crippen molar-refractivity contribution in [1.29, 1.82) is 0 Å². The number of rotatable bonds is 4. The van der Waals surface area contributed by atoms with E-state index in [0.717, 1.165) is 35.0 Å². The summed E-state index contributed by atoms with van der Waals surface area (Å²) in [6, 6.07) is 3.86. The Hall–Kier alpha value is -1.40. The van der Waals surface area contributed by atoms with Gasteiger partial charge in [0.1, 0.15) is 0 Å². The van der Waals surface area contributed by atoms with Crippen LogP contribution in [0.15, 0.2) is 16.7 Å². The third kappa shape index (κ3) is 3.67. The van der Waals surface area contributed by atoms with Crippen LogP contribution in [-0.2, 0) is 11.2 Å². The topological polar surface area (TPSA) is 59.2 Å². The fourth-order valence-corrected chi connectivity index (χ4v) is 3.85. The Bertz CT molecular complexity index is 655. The van der Waals surface area contributed by atoms with E-state index in [2.05, 4.69) is 10.1 Å². The average Bonchev–Trinajstić information content (AvgIpc) is 3.13. The summed E-state index contributed by atoms with van der Waals surface area (Å²) in [6.07, 6.45) is 3.23. The number of likely N-dealkylation sites (tertiary alicyclic amines) is 1. The van der Waals surface area contributed by atoms with Crippen LogP contribution in [0.1, 0.15) is 41.8 Å². The predicted molar refractivity (Wildman–Crippen MR) is 85.2 cm³/mol. The fourth-order valence-electron chi connectivity index (χ4n) is 2.76. The van der Waals surface area contributed by atoms with E-state index in [1.807, 2.05) is 24.0 Å². The van der Waals surface area contributed by atoms with E-state index in [-0.39, 0.29) is 11.8 Å². The Morgan fingerprint density at radius 1 is 1.55 bits per heavy atom. The SMILES string of the molecule is Cc1noc(C2CCCN(C(=O)CCc3ccc(Cl)s3)C2)n1. The minimum absolute atomic E-state index is 0.162. The smallest absolute Gasteiger partial charge is 0.231 e. The van der Waals surface area contributed by atoms with E-state index in [4.69, 9.17) is 16.1 Å². The molecule has 1 saturated heterocycles. The molecule has 1 aliphatic rings. The minimum Gasteiger partial charge on any atom is -0.342 e. The van der Waals surface area contributed by atoms with Crippen molar-refractivity contribution in [3.8, 4) is 0 Å². The van der Waals surface area contributed by atoms with Crippen LogP contribution in [0.25, 0.3) is 0 Å². The van der Waals surface area contributed by atoms with Gasteiger partial charge in [-0.25, -0.2) is 0 Å². The van der Waals surface area contributed by atoms with Crippen LogP contribution < -0.4 is 0 Å². The summed E-state index contributed by atoms with van der Waals surface area (Å²) in [5, 5.41) is 3.84. The number of hydrogen-bond acceptors (Lipinski definition) is 5. The summed E-state index contributed by atoms with van der Waals surface area (Å²) >= 11 is 7.45. The van der Waals surface area contributed by atoms with Gasteiger partial charge >= 0.3 is 0 Å². The van der Waals surface area contributed by atoms with Gasteiger partial charge in [-0.05, 0) is 38.3 Å². The van der Waals surface area contributed by atoms with Crippen LogP contribution in [0, 0.1) is 6.92 Å². The first-order valence-corrected chi connectivity index (χ1v) is 8.63. The van der Waals surface area contributed by atoms with Crippen molar-refractivity contribution in [1.82, 2.24) is 15.0 Å². The van der Waals surface area contributed by atoms with Gasteiger partial charge in [-0.2, -0.15) is 4.98 Å². The first-order chi connectivity index (χ1) is 10.6. The highest BCUT2D eigenvalue weighted by Gasteiger charge is 2.28. The Morgan fingerprint density at radius 3 is 3.09 bits per heavy atom. The Balaban J connectivity index is 1.55. The molecule has 0 bridgehead atoms. The summed E-state index contributed by atoms with van der Waals surface area (Å²) in [5.41, 5.74) is 0. The molecule has 3 heterocycles. The number of thiophene rings is 1. The zero-order chi connectivity index (χ0) is 15.5. The van der Waals surface area contributed by atoms with Crippen molar-refractivity contribution in [2.45, 2.75) is 38.5 Å². The molecule has 7 heteroatoms. The summed E-state index contributed by atoms with van der Waals surface area (Å²) in [6.45, 7) is 3.30. The molecule has 0 radical (unpaired) electrons. The quantitative estimate of drug-likeness (QED) is 0.856. The van der Waals surface area contributed by atoms with E-state index in [0.29, 0.717) is 24.7 Å². The van der Waals surface area contributed by atoms with Crippen LogP contribution in [0.4, 0.5) is 0 Å². The molecule has 1 unspecified atom stereocenters. The Kier molecular flexibility index (Phi) is 4.78. The number of hydrogen-bond donors (Lipinski definition) is 0. The van der Waals surface area contributed by atoms with Crippen molar-refractivity contribution in [3.05, 3.63) is 33.1 Å². The molecule has 22 heavy (non-hydrogen) atoms. The molecule has 118 valence electrons. The number of nitrogens with zero attached hydrogens (tertiary/aromatic N) is 3. The molecule has 1 atom stereocenters. The number of aromatic nitrogens is 2. The molecule has 1 aliphatic heterocycles. The number of carbonyl (C=O) groups is 1. The molecular weight excluding hydrogens is 322 g/mol. The summed E-state index contributed by atoms with van der Waals surface area (Å²) in [7, 11) is 0. The van der Waals surface area contributed by atoms with E-state index in [9.17, 15) is 4.79 Å². The molecule has 0 aliphatic carbocycles. The highest BCUT2D eigenvalue weighted by Crippen LogP contribution is 2.27. The zero-order valence-electron chi connectivity index (χ0n) is 12.4. The molecule has 1 amide bonds. The highest BCUT2D eigenvalue weighted by molar-refractivity contribution is 7.16. The molecule has 0 N–H and O–H groups in total. The van der Waals surface area contributed by atoms with Gasteiger partial charge in [-0.1, -0.05) is 16.8 Å². The van der Waals surface area contributed by atoms with E-state index < -0.39 is 0 Å². The highest BCUT2D eigenvalue weighted by atomic mass is 35.5. The van der Waals surface area contributed by atoms with Gasteiger partial charge in [0.05, 0.1) is 10.3 Å². The second kappa shape index (κ2) is 6.79. The molecule has 0 spiro atoms. The van der Waals surface area contributed by atoms with Crippen molar-refractivity contribution >= 4 is 28.8 Å². The maximum Gasteiger partial charge on any atom is 0.231 e. The standard InChI is InChI=1S/C15H18ClN3O2S/c1-10-17-15(21-18-10)11-3-2-8-19(9-11)14(20)7-5-12-4-6-13(16)22-12/h4,6,11H,2-3,5,7-9H2,1H3. The molecule has 0 aromatic carbocycles. The Morgan fingerprint density at radius 2 is 2.41 bits per heavy atom. The number of halogens is 1. The molecule has 2 aromatic rings. The monoisotopic (exact) mass is 339 g/mol. The van der Waals surface area contributed by atoms with Crippen molar-refractivity contribution in [3.63, 3.8) is 0 Å². The summed E-state index contributed by atoms with van der Waals surface area (Å²) in [5.74, 6) is 1.65. The summed E-state index contributed by atoms with van der Waals surface area (Å²) in [4.78, 5) is 19.8. The lowest BCUT2D eigenvalue weighted by Gasteiger charge is -2.31. The minimum atomic E-state index is 0.162. The third-order valence-electron chi connectivity index (χ3n) is 3.88. The lowest BCUT2D eigenvalue weighted by molar-refractivity contribution is -0.132. The van der Waals surface area contributed by atoms with Crippen molar-refractivity contribution in [2.24, 2.45) is 0 Å². The molecule has 0 saturated carbocycles. The third-order valence-corrected chi connectivity index (χ3v) is 5.17. The van der Waals surface area contributed by atoms with Gasteiger partial charge in [0, 0.05) is 24.4 Å². The molecular formula is C15H18ClN3O2S. The average molecular weight is 340 g/mol. The lowest BCUT2D eigenvalue weighted by Crippen LogP contribution is -2.39. The second-order valence-electron chi connectivity index (χ2n) is 5.56. The Labute approximate surface area is 138 Å². The van der Waals surface area contributed by atoms with Gasteiger partial charge in [-0.15, -0.1) is 11.3 Å². The molecule has 1 fully saturated rings. The second-order valence-corrected chi connectivity index (χ2v) is 7.36. The van der Waals surface area contributed by atoms with Crippen LogP contribution in [0.3, 0.4) is 0 Å². The van der Waals surface area contributed by atoms with Gasteiger partial charge < -0.3 is 9.42 Å². The molecule has 3 rings (SSSR count). The van der Waals surface area contributed by atoms with Crippen LogP contribution >= 0.6 is 22.9 Å². The number of amides is 1. The zero-order valence-corrected chi connectivity index (χ0v) is 14.0. The van der Waals surface area contributed by atoms with Gasteiger partial charge in [0.15, 0.2) is 5.82 Å². The number of piperidine rings is 1.